The minimum Gasteiger partial charge on any atom is -0.256 e. The fourth-order valence-corrected chi connectivity index (χ4v) is 1.98. The number of fused-ring (bicyclic) bond motifs is 1. The van der Waals surface area contributed by atoms with Crippen LogP contribution in [0.3, 0.4) is 0 Å². The van der Waals surface area contributed by atoms with Crippen molar-refractivity contribution in [3.63, 3.8) is 0 Å². The van der Waals surface area contributed by atoms with Gasteiger partial charge >= 0.3 is 6.18 Å². The molecule has 2 rings (SSSR count). The summed E-state index contributed by atoms with van der Waals surface area (Å²) in [7, 11) is 0. The fourth-order valence-electron chi connectivity index (χ4n) is 1.41. The number of nitrogens with zero attached hydrogens (tertiary/aromatic N) is 1. The van der Waals surface area contributed by atoms with Crippen LogP contribution >= 0.6 is 15.9 Å². The van der Waals surface area contributed by atoms with E-state index in [0.717, 1.165) is 0 Å². The normalized spacial score (nSPS) is 12.0. The number of aromatic nitrogens is 1. The molecular formula is C10H5BrF3N. The van der Waals surface area contributed by atoms with E-state index >= 15 is 0 Å². The number of hydrogen-bond donors (Lipinski definition) is 0. The van der Waals surface area contributed by atoms with Crippen molar-refractivity contribution in [3.8, 4) is 0 Å². The van der Waals surface area contributed by atoms with E-state index < -0.39 is 11.7 Å². The van der Waals surface area contributed by atoms with Crippen molar-refractivity contribution in [2.45, 2.75) is 6.18 Å². The van der Waals surface area contributed by atoms with Gasteiger partial charge in [-0.05, 0) is 18.2 Å². The van der Waals surface area contributed by atoms with Gasteiger partial charge in [0.1, 0.15) is 0 Å². The molecule has 0 unspecified atom stereocenters. The van der Waals surface area contributed by atoms with Crippen LogP contribution in [0.15, 0.2) is 34.9 Å². The Hall–Kier alpha value is -1.10. The quantitative estimate of drug-likeness (QED) is 0.708. The van der Waals surface area contributed by atoms with Gasteiger partial charge in [0, 0.05) is 16.1 Å². The lowest BCUT2D eigenvalue weighted by Gasteiger charge is -2.11. The lowest BCUT2D eigenvalue weighted by atomic mass is 10.1. The van der Waals surface area contributed by atoms with Crippen LogP contribution in [0.5, 0.6) is 0 Å². The van der Waals surface area contributed by atoms with Gasteiger partial charge in [-0.3, -0.25) is 4.98 Å². The first-order chi connectivity index (χ1) is 7.00. The summed E-state index contributed by atoms with van der Waals surface area (Å²) in [6.07, 6.45) is -2.90. The third-order valence-corrected chi connectivity index (χ3v) is 2.68. The number of benzene rings is 1. The van der Waals surface area contributed by atoms with E-state index in [9.17, 15) is 13.2 Å². The van der Waals surface area contributed by atoms with Crippen LogP contribution in [0.4, 0.5) is 13.2 Å². The highest BCUT2D eigenvalue weighted by atomic mass is 79.9. The number of halogens is 4. The first-order valence-corrected chi connectivity index (χ1v) is 4.90. The summed E-state index contributed by atoms with van der Waals surface area (Å²) in [5.74, 6) is 0. The van der Waals surface area contributed by atoms with Crippen molar-refractivity contribution < 1.29 is 13.2 Å². The van der Waals surface area contributed by atoms with Gasteiger partial charge in [-0.2, -0.15) is 13.2 Å². The summed E-state index contributed by atoms with van der Waals surface area (Å²) in [6, 6.07) is 5.81. The van der Waals surface area contributed by atoms with Crippen molar-refractivity contribution >= 4 is 26.8 Å². The van der Waals surface area contributed by atoms with E-state index in [1.54, 1.807) is 6.07 Å². The number of alkyl halides is 3. The topological polar surface area (TPSA) is 12.9 Å². The van der Waals surface area contributed by atoms with Gasteiger partial charge in [-0.15, -0.1) is 0 Å². The van der Waals surface area contributed by atoms with Crippen molar-refractivity contribution in [3.05, 3.63) is 40.5 Å². The van der Waals surface area contributed by atoms with E-state index in [0.29, 0.717) is 5.52 Å². The smallest absolute Gasteiger partial charge is 0.256 e. The van der Waals surface area contributed by atoms with Crippen molar-refractivity contribution in [2.24, 2.45) is 0 Å². The number of rotatable bonds is 0. The molecule has 0 aliphatic rings. The summed E-state index contributed by atoms with van der Waals surface area (Å²) in [6.45, 7) is 0. The van der Waals surface area contributed by atoms with Gasteiger partial charge in [0.25, 0.3) is 0 Å². The number of pyridine rings is 1. The minimum absolute atomic E-state index is 0.0375. The Bertz CT molecular complexity index is 507. The second-order valence-electron chi connectivity index (χ2n) is 2.99. The van der Waals surface area contributed by atoms with Crippen LogP contribution in [0.1, 0.15) is 5.56 Å². The maximum absolute atomic E-state index is 12.7. The van der Waals surface area contributed by atoms with Crippen LogP contribution in [-0.2, 0) is 6.18 Å². The molecule has 0 N–H and O–H groups in total. The molecule has 1 aromatic heterocycles. The SMILES string of the molecule is FC(F)(F)c1c(Br)ccc2ncccc12. The molecule has 0 aliphatic heterocycles. The highest BCUT2D eigenvalue weighted by Gasteiger charge is 2.34. The Morgan fingerprint density at radius 1 is 1.13 bits per heavy atom. The Morgan fingerprint density at radius 2 is 1.87 bits per heavy atom. The van der Waals surface area contributed by atoms with Crippen LogP contribution in [0.2, 0.25) is 0 Å². The molecule has 0 saturated heterocycles. The van der Waals surface area contributed by atoms with E-state index in [1.807, 2.05) is 0 Å². The molecule has 0 atom stereocenters. The van der Waals surface area contributed by atoms with Crippen LogP contribution in [0, 0.1) is 0 Å². The van der Waals surface area contributed by atoms with Gasteiger partial charge in [0.05, 0.1) is 11.1 Å². The number of hydrogen-bond acceptors (Lipinski definition) is 1. The van der Waals surface area contributed by atoms with Gasteiger partial charge in [-0.25, -0.2) is 0 Å². The molecule has 78 valence electrons. The van der Waals surface area contributed by atoms with Crippen LogP contribution in [0.25, 0.3) is 10.9 Å². The van der Waals surface area contributed by atoms with Gasteiger partial charge in [0.2, 0.25) is 0 Å². The molecule has 15 heavy (non-hydrogen) atoms. The molecule has 5 heteroatoms. The standard InChI is InChI=1S/C10H5BrF3N/c11-7-3-4-8-6(2-1-5-15-8)9(7)10(12,13)14/h1-5H. The van der Waals surface area contributed by atoms with Crippen molar-refractivity contribution in [1.29, 1.82) is 0 Å². The summed E-state index contributed by atoms with van der Waals surface area (Å²) in [5.41, 5.74) is -0.332. The second kappa shape index (κ2) is 3.48. The third kappa shape index (κ3) is 1.84. The average Bonchev–Trinajstić information content (AvgIpc) is 2.15. The molecule has 0 amide bonds. The molecular weight excluding hydrogens is 271 g/mol. The molecule has 1 nitrogen and oxygen atoms in total. The first-order valence-electron chi connectivity index (χ1n) is 4.10. The van der Waals surface area contributed by atoms with Crippen LogP contribution in [-0.4, -0.2) is 4.98 Å². The van der Waals surface area contributed by atoms with Gasteiger partial charge in [0.15, 0.2) is 0 Å². The second-order valence-corrected chi connectivity index (χ2v) is 3.84. The molecule has 0 saturated carbocycles. The zero-order chi connectivity index (χ0) is 11.1. The van der Waals surface area contributed by atoms with E-state index in [1.165, 1.54) is 24.4 Å². The van der Waals surface area contributed by atoms with Crippen molar-refractivity contribution in [2.75, 3.05) is 0 Å². The maximum Gasteiger partial charge on any atom is 0.418 e. The molecule has 2 aromatic rings. The Kier molecular flexibility index (Phi) is 2.42. The van der Waals surface area contributed by atoms with E-state index in [-0.39, 0.29) is 9.86 Å². The summed E-state index contributed by atoms with van der Waals surface area (Å²) < 4.78 is 38.2. The zero-order valence-corrected chi connectivity index (χ0v) is 8.93. The minimum atomic E-state index is -4.37. The molecule has 0 bridgehead atoms. The Balaban J connectivity index is 2.86. The predicted octanol–water partition coefficient (Wildman–Crippen LogP) is 4.02. The monoisotopic (exact) mass is 275 g/mol. The lowest BCUT2D eigenvalue weighted by molar-refractivity contribution is -0.136. The van der Waals surface area contributed by atoms with Gasteiger partial charge < -0.3 is 0 Å². The summed E-state index contributed by atoms with van der Waals surface area (Å²) >= 11 is 2.91. The lowest BCUT2D eigenvalue weighted by Crippen LogP contribution is -2.07. The fraction of sp³-hybridized carbons (Fsp3) is 0.100. The maximum atomic E-state index is 12.7. The molecule has 0 spiro atoms. The van der Waals surface area contributed by atoms with Crippen LogP contribution < -0.4 is 0 Å². The third-order valence-electron chi connectivity index (χ3n) is 2.02. The Labute approximate surface area is 92.1 Å². The highest BCUT2D eigenvalue weighted by Crippen LogP contribution is 2.39. The van der Waals surface area contributed by atoms with Crippen molar-refractivity contribution in [1.82, 2.24) is 4.98 Å². The van der Waals surface area contributed by atoms with Gasteiger partial charge in [-0.1, -0.05) is 22.0 Å². The average molecular weight is 276 g/mol. The predicted molar refractivity (Wildman–Crippen MR) is 54.4 cm³/mol. The zero-order valence-electron chi connectivity index (χ0n) is 7.35. The molecule has 0 aliphatic carbocycles. The van der Waals surface area contributed by atoms with E-state index in [2.05, 4.69) is 20.9 Å². The Morgan fingerprint density at radius 3 is 2.53 bits per heavy atom. The summed E-state index contributed by atoms with van der Waals surface area (Å²) in [4.78, 5) is 3.88. The molecule has 1 heterocycles. The van der Waals surface area contributed by atoms with E-state index in [4.69, 9.17) is 0 Å². The molecule has 0 radical (unpaired) electrons. The highest BCUT2D eigenvalue weighted by molar-refractivity contribution is 9.10. The molecule has 1 aromatic carbocycles. The molecule has 0 fully saturated rings. The first kappa shape index (κ1) is 10.4. The summed E-state index contributed by atoms with van der Waals surface area (Å²) in [5, 5.41) is 0.111. The largest absolute Gasteiger partial charge is 0.418 e.